The molecule has 0 fully saturated rings. The van der Waals surface area contributed by atoms with Crippen molar-refractivity contribution in [2.24, 2.45) is 0 Å². The number of aliphatic hydroxyl groups excluding tert-OH is 1. The van der Waals surface area contributed by atoms with E-state index in [2.05, 4.69) is 67.5 Å². The van der Waals surface area contributed by atoms with E-state index in [1.54, 1.807) is 0 Å². The summed E-state index contributed by atoms with van der Waals surface area (Å²) in [7, 11) is 4.25. The highest BCUT2D eigenvalue weighted by Gasteiger charge is 2.38. The second kappa shape index (κ2) is 11.9. The largest absolute Gasteiger partial charge is 0.396 e. The Balaban J connectivity index is 0.000000855. The van der Waals surface area contributed by atoms with Gasteiger partial charge in [-0.2, -0.15) is 0 Å². The summed E-state index contributed by atoms with van der Waals surface area (Å²) in [6.45, 7) is 9.23. The first kappa shape index (κ1) is 23.4. The van der Waals surface area contributed by atoms with Crippen LogP contribution >= 0.6 is 0 Å². The van der Waals surface area contributed by atoms with Gasteiger partial charge in [0, 0.05) is 12.0 Å². The summed E-state index contributed by atoms with van der Waals surface area (Å²) in [5.41, 5.74) is 5.64. The maximum Gasteiger partial charge on any atom is 0.0442 e. The molecule has 27 heavy (non-hydrogen) atoms. The van der Waals surface area contributed by atoms with Gasteiger partial charge in [0.15, 0.2) is 0 Å². The molecule has 2 aromatic rings. The monoisotopic (exact) mass is 369 g/mol. The Bertz CT molecular complexity index is 615. The van der Waals surface area contributed by atoms with Crippen molar-refractivity contribution in [1.29, 1.82) is 0 Å². The van der Waals surface area contributed by atoms with Gasteiger partial charge in [-0.3, -0.25) is 0 Å². The first-order valence-corrected chi connectivity index (χ1v) is 10.6. The lowest BCUT2D eigenvalue weighted by Crippen LogP contribution is -2.34. The van der Waals surface area contributed by atoms with Crippen LogP contribution in [0.15, 0.2) is 48.5 Å². The molecule has 1 aliphatic carbocycles. The number of aliphatic hydroxyl groups is 1. The van der Waals surface area contributed by atoms with E-state index in [-0.39, 0.29) is 12.0 Å². The van der Waals surface area contributed by atoms with Crippen molar-refractivity contribution in [3.8, 4) is 0 Å². The molecule has 0 amide bonds. The maximum absolute atomic E-state index is 9.88. The first-order chi connectivity index (χ1) is 13.2. The topological polar surface area (TPSA) is 23.5 Å². The molecule has 2 heteroatoms. The van der Waals surface area contributed by atoms with Crippen LogP contribution in [0.25, 0.3) is 0 Å². The summed E-state index contributed by atoms with van der Waals surface area (Å²) in [5, 5.41) is 9.88. The zero-order chi connectivity index (χ0) is 20.3. The maximum atomic E-state index is 9.88. The van der Waals surface area contributed by atoms with Gasteiger partial charge in [0.25, 0.3) is 0 Å². The predicted molar refractivity (Wildman–Crippen MR) is 119 cm³/mol. The standard InChI is InChI=1S/C21H27NO.2C2H6/c1-22(2)15-13-21(14-16-23)19-9-5-3-7-17(19)11-12-18-8-4-6-10-20(18)21;2*1-2/h3-10,23H,11-16H2,1-2H3;2*1-2H3. The third-order valence-electron chi connectivity index (χ3n) is 5.25. The first-order valence-electron chi connectivity index (χ1n) is 10.6. The molecule has 0 aliphatic heterocycles. The summed E-state index contributed by atoms with van der Waals surface area (Å²) in [4.78, 5) is 2.25. The van der Waals surface area contributed by atoms with Crippen LogP contribution in [-0.2, 0) is 18.3 Å². The van der Waals surface area contributed by atoms with Gasteiger partial charge in [-0.15, -0.1) is 0 Å². The highest BCUT2D eigenvalue weighted by Crippen LogP contribution is 2.44. The molecular weight excluding hydrogens is 330 g/mol. The highest BCUT2D eigenvalue weighted by molar-refractivity contribution is 5.49. The van der Waals surface area contributed by atoms with E-state index >= 15 is 0 Å². The number of hydrogen-bond acceptors (Lipinski definition) is 2. The third-order valence-corrected chi connectivity index (χ3v) is 5.25. The van der Waals surface area contributed by atoms with E-state index in [0.717, 1.165) is 32.2 Å². The summed E-state index contributed by atoms with van der Waals surface area (Å²) < 4.78 is 0. The van der Waals surface area contributed by atoms with E-state index in [9.17, 15) is 5.11 Å². The number of benzene rings is 2. The summed E-state index contributed by atoms with van der Waals surface area (Å²) in [5.74, 6) is 0. The Labute approximate surface area is 167 Å². The molecule has 1 aliphatic rings. The predicted octanol–water partition coefficient (Wildman–Crippen LogP) is 5.46. The van der Waals surface area contributed by atoms with Crippen LogP contribution in [0.2, 0.25) is 0 Å². The van der Waals surface area contributed by atoms with E-state index in [1.165, 1.54) is 22.3 Å². The Morgan fingerprint density at radius 3 is 1.63 bits per heavy atom. The van der Waals surface area contributed by atoms with Gasteiger partial charge in [-0.05, 0) is 68.6 Å². The van der Waals surface area contributed by atoms with Crippen LogP contribution in [-0.4, -0.2) is 37.3 Å². The van der Waals surface area contributed by atoms with E-state index in [4.69, 9.17) is 0 Å². The molecule has 1 N–H and O–H groups in total. The second-order valence-electron chi connectivity index (χ2n) is 6.92. The van der Waals surface area contributed by atoms with Crippen molar-refractivity contribution < 1.29 is 5.11 Å². The molecule has 0 saturated carbocycles. The van der Waals surface area contributed by atoms with Gasteiger partial charge in [-0.25, -0.2) is 0 Å². The molecule has 0 saturated heterocycles. The Morgan fingerprint density at radius 2 is 1.22 bits per heavy atom. The van der Waals surface area contributed by atoms with Crippen molar-refractivity contribution in [2.75, 3.05) is 27.2 Å². The van der Waals surface area contributed by atoms with Crippen LogP contribution in [0, 0.1) is 0 Å². The molecule has 0 atom stereocenters. The average molecular weight is 370 g/mol. The van der Waals surface area contributed by atoms with Crippen LogP contribution in [0.1, 0.15) is 62.8 Å². The number of aryl methyl sites for hydroxylation is 2. The number of hydrogen-bond donors (Lipinski definition) is 1. The smallest absolute Gasteiger partial charge is 0.0442 e. The molecule has 150 valence electrons. The minimum atomic E-state index is -0.0806. The van der Waals surface area contributed by atoms with Crippen molar-refractivity contribution in [3.63, 3.8) is 0 Å². The van der Waals surface area contributed by atoms with Gasteiger partial charge in [0.1, 0.15) is 0 Å². The van der Waals surface area contributed by atoms with Gasteiger partial charge in [-0.1, -0.05) is 76.2 Å². The Morgan fingerprint density at radius 1 is 0.778 bits per heavy atom. The van der Waals surface area contributed by atoms with E-state index in [0.29, 0.717) is 0 Å². The summed E-state index contributed by atoms with van der Waals surface area (Å²) >= 11 is 0. The quantitative estimate of drug-likeness (QED) is 0.757. The highest BCUT2D eigenvalue weighted by atomic mass is 16.3. The fourth-order valence-corrected chi connectivity index (χ4v) is 4.09. The molecule has 0 bridgehead atoms. The molecule has 0 spiro atoms. The number of nitrogens with zero attached hydrogens (tertiary/aromatic N) is 1. The number of fused-ring (bicyclic) bond motifs is 2. The van der Waals surface area contributed by atoms with Crippen molar-refractivity contribution in [2.45, 2.75) is 58.8 Å². The third kappa shape index (κ3) is 5.43. The molecule has 2 aromatic carbocycles. The lowest BCUT2D eigenvalue weighted by atomic mass is 9.68. The normalized spacial score (nSPS) is 13.9. The molecule has 0 heterocycles. The fourth-order valence-electron chi connectivity index (χ4n) is 4.09. The SMILES string of the molecule is CC.CC.CN(C)CCC1(CCO)c2ccccc2CCc2ccccc21. The molecule has 3 rings (SSSR count). The van der Waals surface area contributed by atoms with Crippen molar-refractivity contribution in [3.05, 3.63) is 70.8 Å². The van der Waals surface area contributed by atoms with E-state index < -0.39 is 0 Å². The van der Waals surface area contributed by atoms with Gasteiger partial charge >= 0.3 is 0 Å². The van der Waals surface area contributed by atoms with Gasteiger partial charge in [0.05, 0.1) is 0 Å². The Kier molecular flexibility index (Phi) is 10.4. The lowest BCUT2D eigenvalue weighted by molar-refractivity contribution is 0.236. The van der Waals surface area contributed by atoms with Gasteiger partial charge in [0.2, 0.25) is 0 Å². The molecule has 0 unspecified atom stereocenters. The second-order valence-corrected chi connectivity index (χ2v) is 6.92. The molecular formula is C25H39NO. The van der Waals surface area contributed by atoms with Crippen molar-refractivity contribution >= 4 is 0 Å². The fraction of sp³-hybridized carbons (Fsp3) is 0.520. The zero-order valence-corrected chi connectivity index (χ0v) is 18.3. The summed E-state index contributed by atoms with van der Waals surface area (Å²) in [6, 6.07) is 17.7. The minimum absolute atomic E-state index is 0.0806. The molecule has 0 aromatic heterocycles. The van der Waals surface area contributed by atoms with Crippen LogP contribution in [0.5, 0.6) is 0 Å². The van der Waals surface area contributed by atoms with Crippen LogP contribution in [0.4, 0.5) is 0 Å². The van der Waals surface area contributed by atoms with Crippen LogP contribution < -0.4 is 0 Å². The zero-order valence-electron chi connectivity index (χ0n) is 18.3. The minimum Gasteiger partial charge on any atom is -0.396 e. The van der Waals surface area contributed by atoms with Gasteiger partial charge < -0.3 is 10.0 Å². The summed E-state index contributed by atoms with van der Waals surface area (Å²) in [6.07, 6.45) is 3.99. The Hall–Kier alpha value is -1.64. The van der Waals surface area contributed by atoms with E-state index in [1.807, 2.05) is 27.7 Å². The van der Waals surface area contributed by atoms with Crippen LogP contribution in [0.3, 0.4) is 0 Å². The average Bonchev–Trinajstić information content (AvgIpc) is 2.86. The molecule has 2 nitrogen and oxygen atoms in total. The lowest BCUT2D eigenvalue weighted by Gasteiger charge is -2.37. The molecule has 0 radical (unpaired) electrons. The van der Waals surface area contributed by atoms with Crippen molar-refractivity contribution in [1.82, 2.24) is 4.90 Å². The number of rotatable bonds is 5.